The SMILES string of the molecule is CSCC[C@]12CC[C@H](O)CC1=CC[C@@H]1[C@@H]2CC[C@]2(C)C(=O)CC[C@@H]12. The molecule has 0 spiro atoms. The van der Waals surface area contributed by atoms with Crippen molar-refractivity contribution in [2.24, 2.45) is 28.6 Å². The quantitative estimate of drug-likeness (QED) is 0.757. The van der Waals surface area contributed by atoms with Crippen molar-refractivity contribution in [1.29, 1.82) is 0 Å². The zero-order chi connectivity index (χ0) is 16.9. The number of thioether (sulfide) groups is 1. The smallest absolute Gasteiger partial charge is 0.139 e. The second kappa shape index (κ2) is 6.16. The number of hydrogen-bond donors (Lipinski definition) is 1. The Bertz CT molecular complexity index is 552. The van der Waals surface area contributed by atoms with Crippen LogP contribution in [0.3, 0.4) is 0 Å². The predicted molar refractivity (Wildman–Crippen MR) is 100 cm³/mol. The van der Waals surface area contributed by atoms with Crippen LogP contribution in [-0.4, -0.2) is 29.0 Å². The van der Waals surface area contributed by atoms with Crippen LogP contribution >= 0.6 is 11.8 Å². The first kappa shape index (κ1) is 17.1. The molecule has 4 rings (SSSR count). The molecule has 6 atom stereocenters. The maximum atomic E-state index is 12.5. The van der Waals surface area contributed by atoms with Gasteiger partial charge in [-0.1, -0.05) is 18.6 Å². The number of carbonyl (C=O) groups is 1. The molecule has 0 bridgehead atoms. The van der Waals surface area contributed by atoms with E-state index < -0.39 is 0 Å². The summed E-state index contributed by atoms with van der Waals surface area (Å²) < 4.78 is 0. The number of rotatable bonds is 3. The summed E-state index contributed by atoms with van der Waals surface area (Å²) in [6, 6.07) is 0. The second-order valence-corrected chi connectivity index (χ2v) is 10.0. The Morgan fingerprint density at radius 2 is 2.08 bits per heavy atom. The van der Waals surface area contributed by atoms with E-state index in [9.17, 15) is 9.90 Å². The largest absolute Gasteiger partial charge is 0.393 e. The number of allylic oxidation sites excluding steroid dienone is 1. The minimum atomic E-state index is -0.128. The summed E-state index contributed by atoms with van der Waals surface area (Å²) in [4.78, 5) is 12.5. The van der Waals surface area contributed by atoms with Crippen LogP contribution in [0.4, 0.5) is 0 Å². The monoisotopic (exact) mass is 348 g/mol. The lowest BCUT2D eigenvalue weighted by atomic mass is 9.47. The highest BCUT2D eigenvalue weighted by molar-refractivity contribution is 7.98. The molecule has 0 aromatic rings. The topological polar surface area (TPSA) is 37.3 Å². The van der Waals surface area contributed by atoms with E-state index in [1.165, 1.54) is 25.0 Å². The van der Waals surface area contributed by atoms with Gasteiger partial charge < -0.3 is 5.11 Å². The molecule has 134 valence electrons. The Labute approximate surface area is 150 Å². The Hall–Kier alpha value is -0.280. The molecule has 1 N–H and O–H groups in total. The fourth-order valence-electron chi connectivity index (χ4n) is 6.96. The molecule has 4 aliphatic carbocycles. The van der Waals surface area contributed by atoms with Crippen LogP contribution in [0.1, 0.15) is 64.7 Å². The van der Waals surface area contributed by atoms with Crippen molar-refractivity contribution in [3.05, 3.63) is 11.6 Å². The summed E-state index contributed by atoms with van der Waals surface area (Å²) in [5.41, 5.74) is 1.88. The molecule has 0 unspecified atom stereocenters. The third kappa shape index (κ3) is 2.37. The van der Waals surface area contributed by atoms with Crippen molar-refractivity contribution in [3.63, 3.8) is 0 Å². The van der Waals surface area contributed by atoms with Gasteiger partial charge in [0.05, 0.1) is 6.10 Å². The second-order valence-electron chi connectivity index (χ2n) is 9.06. The van der Waals surface area contributed by atoms with E-state index in [2.05, 4.69) is 19.3 Å². The lowest BCUT2D eigenvalue weighted by Gasteiger charge is -2.58. The predicted octanol–water partition coefficient (Wildman–Crippen LogP) is 4.61. The van der Waals surface area contributed by atoms with Gasteiger partial charge in [-0.3, -0.25) is 4.79 Å². The van der Waals surface area contributed by atoms with Crippen LogP contribution in [0.25, 0.3) is 0 Å². The van der Waals surface area contributed by atoms with Crippen molar-refractivity contribution in [3.8, 4) is 0 Å². The highest BCUT2D eigenvalue weighted by atomic mass is 32.2. The van der Waals surface area contributed by atoms with E-state index in [4.69, 9.17) is 0 Å². The molecular weight excluding hydrogens is 316 g/mol. The number of Topliss-reactive ketones (excluding diaryl/α,β-unsaturated/α-hetero) is 1. The minimum absolute atomic E-state index is 0.0264. The number of ketones is 1. The molecule has 0 amide bonds. The van der Waals surface area contributed by atoms with Gasteiger partial charge in [0.2, 0.25) is 0 Å². The third-order valence-electron chi connectivity index (χ3n) is 8.26. The van der Waals surface area contributed by atoms with Crippen LogP contribution in [0.2, 0.25) is 0 Å². The fourth-order valence-corrected chi connectivity index (χ4v) is 7.53. The van der Waals surface area contributed by atoms with Crippen molar-refractivity contribution in [1.82, 2.24) is 0 Å². The first-order valence-electron chi connectivity index (χ1n) is 9.91. The molecule has 3 heteroatoms. The Kier molecular flexibility index (Phi) is 4.40. The normalized spacial score (nSPS) is 47.6. The summed E-state index contributed by atoms with van der Waals surface area (Å²) in [6.07, 6.45) is 14.3. The molecule has 3 saturated carbocycles. The van der Waals surface area contributed by atoms with Crippen LogP contribution in [-0.2, 0) is 4.79 Å². The van der Waals surface area contributed by atoms with Crippen molar-refractivity contribution in [2.45, 2.75) is 70.8 Å². The molecule has 4 aliphatic rings. The van der Waals surface area contributed by atoms with E-state index in [-0.39, 0.29) is 11.5 Å². The summed E-state index contributed by atoms with van der Waals surface area (Å²) in [5.74, 6) is 3.83. The maximum Gasteiger partial charge on any atom is 0.139 e. The number of aliphatic hydroxyl groups is 1. The minimum Gasteiger partial charge on any atom is -0.393 e. The van der Waals surface area contributed by atoms with Gasteiger partial charge in [0.25, 0.3) is 0 Å². The summed E-state index contributed by atoms with van der Waals surface area (Å²) in [6.45, 7) is 2.27. The molecule has 0 aromatic heterocycles. The molecular formula is C21H32O2S. The molecule has 24 heavy (non-hydrogen) atoms. The number of carbonyl (C=O) groups excluding carboxylic acids is 1. The molecule has 0 heterocycles. The maximum absolute atomic E-state index is 12.5. The van der Waals surface area contributed by atoms with Gasteiger partial charge in [0.15, 0.2) is 0 Å². The zero-order valence-corrected chi connectivity index (χ0v) is 16.0. The molecule has 0 aliphatic heterocycles. The fraction of sp³-hybridized carbons (Fsp3) is 0.857. The average Bonchev–Trinajstić information content (AvgIpc) is 2.88. The Morgan fingerprint density at radius 1 is 1.25 bits per heavy atom. The summed E-state index contributed by atoms with van der Waals surface area (Å²) in [5, 5.41) is 10.2. The number of fused-ring (bicyclic) bond motifs is 5. The highest BCUT2D eigenvalue weighted by Crippen LogP contribution is 2.65. The van der Waals surface area contributed by atoms with Gasteiger partial charge in [-0.2, -0.15) is 11.8 Å². The van der Waals surface area contributed by atoms with E-state index in [0.717, 1.165) is 44.4 Å². The van der Waals surface area contributed by atoms with Gasteiger partial charge in [-0.15, -0.1) is 0 Å². The van der Waals surface area contributed by atoms with Gasteiger partial charge in [-0.05, 0) is 86.5 Å². The third-order valence-corrected chi connectivity index (χ3v) is 8.88. The van der Waals surface area contributed by atoms with Gasteiger partial charge in [0.1, 0.15) is 5.78 Å². The Balaban J connectivity index is 1.69. The molecule has 3 fully saturated rings. The van der Waals surface area contributed by atoms with Crippen LogP contribution in [0, 0.1) is 28.6 Å². The standard InChI is InChI=1S/C21H32O2S/c1-20-9-8-18-16(17(20)5-6-19(20)23)4-3-14-13-15(22)7-10-21(14,18)11-12-24-2/h3,15-18,22H,4-13H2,1-2H3/t15-,16-,17-,18-,20-,21+/m0/s1. The molecule has 0 saturated heterocycles. The lowest BCUT2D eigenvalue weighted by Crippen LogP contribution is -2.51. The van der Waals surface area contributed by atoms with Gasteiger partial charge in [-0.25, -0.2) is 0 Å². The van der Waals surface area contributed by atoms with E-state index in [1.54, 1.807) is 5.57 Å². The first-order valence-corrected chi connectivity index (χ1v) is 11.3. The van der Waals surface area contributed by atoms with Crippen molar-refractivity contribution < 1.29 is 9.90 Å². The van der Waals surface area contributed by atoms with Crippen molar-refractivity contribution >= 4 is 17.5 Å². The zero-order valence-electron chi connectivity index (χ0n) is 15.2. The van der Waals surface area contributed by atoms with Crippen LogP contribution < -0.4 is 0 Å². The first-order chi connectivity index (χ1) is 11.5. The van der Waals surface area contributed by atoms with Crippen molar-refractivity contribution in [2.75, 3.05) is 12.0 Å². The number of aliphatic hydroxyl groups excluding tert-OH is 1. The van der Waals surface area contributed by atoms with Gasteiger partial charge >= 0.3 is 0 Å². The summed E-state index contributed by atoms with van der Waals surface area (Å²) >= 11 is 1.96. The van der Waals surface area contributed by atoms with E-state index in [1.807, 2.05) is 11.8 Å². The Morgan fingerprint density at radius 3 is 2.88 bits per heavy atom. The lowest BCUT2D eigenvalue weighted by molar-refractivity contribution is -0.132. The van der Waals surface area contributed by atoms with E-state index >= 15 is 0 Å². The molecule has 0 aromatic carbocycles. The molecule has 2 nitrogen and oxygen atoms in total. The van der Waals surface area contributed by atoms with Gasteiger partial charge in [0, 0.05) is 11.8 Å². The highest BCUT2D eigenvalue weighted by Gasteiger charge is 2.59. The van der Waals surface area contributed by atoms with Crippen LogP contribution in [0.15, 0.2) is 11.6 Å². The molecule has 0 radical (unpaired) electrons. The average molecular weight is 349 g/mol. The summed E-state index contributed by atoms with van der Waals surface area (Å²) in [7, 11) is 0. The number of hydrogen-bond acceptors (Lipinski definition) is 3. The van der Waals surface area contributed by atoms with Crippen LogP contribution in [0.5, 0.6) is 0 Å². The van der Waals surface area contributed by atoms with E-state index in [0.29, 0.717) is 23.0 Å².